The highest BCUT2D eigenvalue weighted by molar-refractivity contribution is 6.07. The first-order valence-electron chi connectivity index (χ1n) is 10.9. The fourth-order valence-corrected chi connectivity index (χ4v) is 3.90. The molecule has 0 spiro atoms. The Morgan fingerprint density at radius 3 is 2.59 bits per heavy atom. The number of hydrogen-bond acceptors (Lipinski definition) is 8. The second kappa shape index (κ2) is 10.6. The van der Waals surface area contributed by atoms with Gasteiger partial charge < -0.3 is 19.7 Å². The summed E-state index contributed by atoms with van der Waals surface area (Å²) in [4.78, 5) is 26.1. The van der Waals surface area contributed by atoms with Crippen molar-refractivity contribution < 1.29 is 14.3 Å². The van der Waals surface area contributed by atoms with E-state index in [2.05, 4.69) is 31.2 Å². The van der Waals surface area contributed by atoms with Crippen LogP contribution in [0.25, 0.3) is 0 Å². The van der Waals surface area contributed by atoms with Gasteiger partial charge in [0.2, 0.25) is 5.88 Å². The maximum atomic E-state index is 13.0. The fourth-order valence-electron chi connectivity index (χ4n) is 3.90. The van der Waals surface area contributed by atoms with Crippen LogP contribution in [0.5, 0.6) is 11.6 Å². The predicted molar refractivity (Wildman–Crippen MR) is 128 cm³/mol. The molecule has 3 heterocycles. The molecule has 0 radical (unpaired) electrons. The largest absolute Gasteiger partial charge is 0.495 e. The topological polar surface area (TPSA) is 104 Å². The first-order chi connectivity index (χ1) is 16.6. The van der Waals surface area contributed by atoms with Crippen molar-refractivity contribution in [2.45, 2.75) is 6.54 Å². The number of carbonyl (C=O) groups excluding carboxylic acids is 1. The molecule has 1 N–H and O–H groups in total. The molecule has 1 aliphatic heterocycles. The van der Waals surface area contributed by atoms with E-state index in [-0.39, 0.29) is 11.8 Å². The number of hydrogen-bond donors (Lipinski definition) is 1. The molecule has 1 aromatic carbocycles. The first-order valence-corrected chi connectivity index (χ1v) is 10.9. The Morgan fingerprint density at radius 2 is 1.91 bits per heavy atom. The molecule has 4 rings (SSSR count). The van der Waals surface area contributed by atoms with Crippen LogP contribution in [0.3, 0.4) is 0 Å². The molecule has 0 bridgehead atoms. The Kier molecular flexibility index (Phi) is 7.20. The molecule has 0 unspecified atom stereocenters. The van der Waals surface area contributed by atoms with Crippen LogP contribution in [-0.4, -0.2) is 61.2 Å². The van der Waals surface area contributed by atoms with Gasteiger partial charge in [-0.25, -0.2) is 4.98 Å². The zero-order valence-corrected chi connectivity index (χ0v) is 19.2. The minimum atomic E-state index is -0.342. The number of aromatic nitrogens is 2. The van der Waals surface area contributed by atoms with Crippen LogP contribution >= 0.6 is 0 Å². The summed E-state index contributed by atoms with van der Waals surface area (Å²) in [6, 6.07) is 14.7. The van der Waals surface area contributed by atoms with Crippen molar-refractivity contribution in [1.29, 1.82) is 5.26 Å². The lowest BCUT2D eigenvalue weighted by Crippen LogP contribution is -2.46. The highest BCUT2D eigenvalue weighted by Crippen LogP contribution is 2.29. The monoisotopic (exact) mass is 458 g/mol. The van der Waals surface area contributed by atoms with Crippen LogP contribution in [-0.2, 0) is 6.54 Å². The van der Waals surface area contributed by atoms with Gasteiger partial charge in [-0.05, 0) is 42.5 Å². The van der Waals surface area contributed by atoms with Crippen molar-refractivity contribution in [1.82, 2.24) is 14.9 Å². The molecule has 3 aromatic rings. The van der Waals surface area contributed by atoms with Crippen LogP contribution in [0, 0.1) is 11.3 Å². The van der Waals surface area contributed by atoms with Crippen molar-refractivity contribution in [3.8, 4) is 17.7 Å². The number of nitrogens with zero attached hydrogens (tertiary/aromatic N) is 5. The van der Waals surface area contributed by atoms with Gasteiger partial charge in [0.05, 0.1) is 49.1 Å². The van der Waals surface area contributed by atoms with Gasteiger partial charge in [0.25, 0.3) is 5.91 Å². The summed E-state index contributed by atoms with van der Waals surface area (Å²) in [5, 5.41) is 12.3. The lowest BCUT2D eigenvalue weighted by Gasteiger charge is -2.36. The molecule has 1 aliphatic rings. The zero-order valence-electron chi connectivity index (χ0n) is 19.2. The van der Waals surface area contributed by atoms with Gasteiger partial charge in [-0.15, -0.1) is 0 Å². The quantitative estimate of drug-likeness (QED) is 0.576. The molecular formula is C25H26N6O3. The molecule has 9 nitrogen and oxygen atoms in total. The minimum absolute atomic E-state index is 0.249. The number of anilines is 2. The summed E-state index contributed by atoms with van der Waals surface area (Å²) in [6.45, 7) is 4.01. The van der Waals surface area contributed by atoms with Crippen molar-refractivity contribution in [2.75, 3.05) is 50.6 Å². The number of rotatable bonds is 7. The molecule has 34 heavy (non-hydrogen) atoms. The predicted octanol–water partition coefficient (Wildman–Crippen LogP) is 2.94. The Balaban J connectivity index is 1.47. The highest BCUT2D eigenvalue weighted by atomic mass is 16.5. The van der Waals surface area contributed by atoms with E-state index < -0.39 is 0 Å². The maximum absolute atomic E-state index is 13.0. The van der Waals surface area contributed by atoms with E-state index in [0.717, 1.165) is 49.9 Å². The normalized spacial score (nSPS) is 13.7. The summed E-state index contributed by atoms with van der Waals surface area (Å²) in [5.74, 6) is 0.650. The van der Waals surface area contributed by atoms with Crippen LogP contribution in [0.15, 0.2) is 54.9 Å². The van der Waals surface area contributed by atoms with Crippen molar-refractivity contribution >= 4 is 17.3 Å². The average Bonchev–Trinajstić information content (AvgIpc) is 2.89. The molecule has 2 aromatic heterocycles. The van der Waals surface area contributed by atoms with Gasteiger partial charge >= 0.3 is 0 Å². The Labute approximate surface area is 198 Å². The summed E-state index contributed by atoms with van der Waals surface area (Å²) >= 11 is 0. The third-order valence-electron chi connectivity index (χ3n) is 5.71. The van der Waals surface area contributed by atoms with Gasteiger partial charge in [0.15, 0.2) is 0 Å². The van der Waals surface area contributed by atoms with E-state index >= 15 is 0 Å². The molecule has 1 fully saturated rings. The van der Waals surface area contributed by atoms with E-state index in [1.165, 1.54) is 7.11 Å². The maximum Gasteiger partial charge on any atom is 0.261 e. The molecule has 0 saturated carbocycles. The molecular weight excluding hydrogens is 432 g/mol. The van der Waals surface area contributed by atoms with E-state index in [1.54, 1.807) is 43.8 Å². The van der Waals surface area contributed by atoms with Crippen LogP contribution in [0.1, 0.15) is 21.6 Å². The third kappa shape index (κ3) is 5.24. The van der Waals surface area contributed by atoms with Gasteiger partial charge in [-0.1, -0.05) is 0 Å². The lowest BCUT2D eigenvalue weighted by atomic mass is 10.1. The van der Waals surface area contributed by atoms with E-state index in [0.29, 0.717) is 16.8 Å². The lowest BCUT2D eigenvalue weighted by molar-refractivity contribution is 0.102. The molecule has 1 amide bonds. The Bertz CT molecular complexity index is 1180. The van der Waals surface area contributed by atoms with Gasteiger partial charge in [0.1, 0.15) is 11.3 Å². The average molecular weight is 459 g/mol. The number of ether oxygens (including phenoxy) is 2. The number of amides is 1. The summed E-state index contributed by atoms with van der Waals surface area (Å²) in [7, 11) is 3.10. The zero-order chi connectivity index (χ0) is 23.9. The fraction of sp³-hybridized carbons (Fsp3) is 0.280. The van der Waals surface area contributed by atoms with Crippen molar-refractivity contribution in [3.05, 3.63) is 71.7 Å². The number of piperazine rings is 1. The van der Waals surface area contributed by atoms with Crippen molar-refractivity contribution in [3.63, 3.8) is 0 Å². The summed E-state index contributed by atoms with van der Waals surface area (Å²) < 4.78 is 10.4. The van der Waals surface area contributed by atoms with Gasteiger partial charge in [-0.3, -0.25) is 14.7 Å². The molecule has 0 atom stereocenters. The minimum Gasteiger partial charge on any atom is -0.495 e. The highest BCUT2D eigenvalue weighted by Gasteiger charge is 2.22. The smallest absolute Gasteiger partial charge is 0.261 e. The van der Waals surface area contributed by atoms with Crippen LogP contribution in [0.4, 0.5) is 11.4 Å². The number of nitrogens with one attached hydrogen (secondary N) is 1. The van der Waals surface area contributed by atoms with Gasteiger partial charge in [0, 0.05) is 38.9 Å². The van der Waals surface area contributed by atoms with E-state index in [1.807, 2.05) is 18.2 Å². The van der Waals surface area contributed by atoms with Crippen LogP contribution in [0.2, 0.25) is 0 Å². The van der Waals surface area contributed by atoms with Crippen molar-refractivity contribution in [2.24, 2.45) is 0 Å². The molecule has 0 aliphatic carbocycles. The second-order valence-corrected chi connectivity index (χ2v) is 7.81. The van der Waals surface area contributed by atoms with Gasteiger partial charge in [-0.2, -0.15) is 5.26 Å². The summed E-state index contributed by atoms with van der Waals surface area (Å²) in [6.07, 6.45) is 3.30. The molecule has 9 heteroatoms. The second-order valence-electron chi connectivity index (χ2n) is 7.81. The first kappa shape index (κ1) is 23.0. The van der Waals surface area contributed by atoms with E-state index in [9.17, 15) is 10.1 Å². The SMILES string of the molecule is COc1ccc(CN2CCN(c3ccc(C#N)cc3NC(=O)c3cccnc3OC)CC2)nc1. The molecule has 1 saturated heterocycles. The molecule has 174 valence electrons. The number of carbonyl (C=O) groups is 1. The number of pyridine rings is 2. The third-order valence-corrected chi connectivity index (χ3v) is 5.71. The number of nitriles is 1. The standard InChI is InChI=1S/C25H26N6O3/c1-33-20-7-6-19(28-16-20)17-30-10-12-31(13-11-30)23-8-5-18(15-26)14-22(23)29-24(32)21-4-3-9-27-25(21)34-2/h3-9,14,16H,10-13,17H2,1-2H3,(H,29,32). The van der Waals surface area contributed by atoms with Crippen LogP contribution < -0.4 is 19.7 Å². The Morgan fingerprint density at radius 1 is 1.09 bits per heavy atom. The summed E-state index contributed by atoms with van der Waals surface area (Å²) in [5.41, 5.74) is 3.25. The number of benzene rings is 1. The Hall–Kier alpha value is -4.16. The van der Waals surface area contributed by atoms with E-state index in [4.69, 9.17) is 9.47 Å². The number of methoxy groups -OCH3 is 2.